The number of hydrogen-bond donors (Lipinski definition) is 2. The minimum atomic E-state index is -0.888. The van der Waals surface area contributed by atoms with Gasteiger partial charge in [0, 0.05) is 6.08 Å². The highest BCUT2D eigenvalue weighted by molar-refractivity contribution is 5.79. The van der Waals surface area contributed by atoms with Crippen molar-refractivity contribution < 1.29 is 15.0 Å². The fourth-order valence-corrected chi connectivity index (χ4v) is 1.18. The second-order valence-electron chi connectivity index (χ2n) is 4.15. The summed E-state index contributed by atoms with van der Waals surface area (Å²) >= 11 is 0. The van der Waals surface area contributed by atoms with Crippen LogP contribution < -0.4 is 0 Å². The summed E-state index contributed by atoms with van der Waals surface area (Å²) in [5.74, 6) is -0.888. The molecule has 0 bridgehead atoms. The van der Waals surface area contributed by atoms with Crippen LogP contribution in [0.15, 0.2) is 12.2 Å². The minimum absolute atomic E-state index is 0.573. The zero-order chi connectivity index (χ0) is 11.0. The zero-order valence-corrected chi connectivity index (χ0v) is 8.99. The van der Waals surface area contributed by atoms with Crippen LogP contribution in [-0.2, 0) is 4.79 Å². The summed E-state index contributed by atoms with van der Waals surface area (Å²) in [4.78, 5) is 10.1. The van der Waals surface area contributed by atoms with E-state index < -0.39 is 11.6 Å². The maximum absolute atomic E-state index is 10.1. The lowest BCUT2D eigenvalue weighted by Gasteiger charge is -2.15. The van der Waals surface area contributed by atoms with Crippen LogP contribution in [0.25, 0.3) is 0 Å². The van der Waals surface area contributed by atoms with Crippen LogP contribution in [0.4, 0.5) is 0 Å². The molecule has 0 saturated carbocycles. The van der Waals surface area contributed by atoms with E-state index in [4.69, 9.17) is 5.11 Å². The molecule has 0 aliphatic rings. The number of carboxylic acid groups (broad SMARTS) is 1. The van der Waals surface area contributed by atoms with E-state index in [9.17, 15) is 9.90 Å². The maximum Gasteiger partial charge on any atom is 0.327 e. The Morgan fingerprint density at radius 3 is 2.43 bits per heavy atom. The molecule has 82 valence electrons. The fraction of sp³-hybridized carbons (Fsp3) is 0.727. The van der Waals surface area contributed by atoms with Crippen molar-refractivity contribution in [2.45, 2.75) is 51.6 Å². The molecule has 0 aliphatic carbocycles. The van der Waals surface area contributed by atoms with Gasteiger partial charge in [-0.3, -0.25) is 0 Å². The predicted octanol–water partition coefficient (Wildman–Crippen LogP) is 2.35. The number of carboxylic acids is 1. The predicted molar refractivity (Wildman–Crippen MR) is 56.2 cm³/mol. The number of aliphatic carboxylic acids is 1. The van der Waals surface area contributed by atoms with Gasteiger partial charge >= 0.3 is 5.97 Å². The first kappa shape index (κ1) is 13.2. The Hall–Kier alpha value is -0.830. The second-order valence-corrected chi connectivity index (χ2v) is 4.15. The van der Waals surface area contributed by atoms with Gasteiger partial charge in [0.2, 0.25) is 0 Å². The quantitative estimate of drug-likeness (QED) is 0.490. The summed E-state index contributed by atoms with van der Waals surface area (Å²) in [6.07, 6.45) is 7.47. The van der Waals surface area contributed by atoms with E-state index >= 15 is 0 Å². The largest absolute Gasteiger partial charge is 0.478 e. The van der Waals surface area contributed by atoms with Crippen molar-refractivity contribution >= 4 is 5.97 Å². The van der Waals surface area contributed by atoms with Gasteiger partial charge in [0.1, 0.15) is 0 Å². The van der Waals surface area contributed by atoms with Crippen molar-refractivity contribution in [2.75, 3.05) is 0 Å². The topological polar surface area (TPSA) is 57.5 Å². The average Bonchev–Trinajstić information content (AvgIpc) is 2.00. The van der Waals surface area contributed by atoms with Gasteiger partial charge < -0.3 is 10.2 Å². The third kappa shape index (κ3) is 11.2. The van der Waals surface area contributed by atoms with E-state index in [1.807, 2.05) is 0 Å². The van der Waals surface area contributed by atoms with Crippen LogP contribution in [-0.4, -0.2) is 21.8 Å². The lowest BCUT2D eigenvalue weighted by molar-refractivity contribution is -0.131. The van der Waals surface area contributed by atoms with Gasteiger partial charge in [0.05, 0.1) is 5.60 Å². The number of unbranched alkanes of at least 4 members (excludes halogenated alkanes) is 3. The second kappa shape index (κ2) is 6.60. The third-order valence-electron chi connectivity index (χ3n) is 1.92. The molecule has 0 heterocycles. The van der Waals surface area contributed by atoms with E-state index in [-0.39, 0.29) is 0 Å². The van der Waals surface area contributed by atoms with Crippen molar-refractivity contribution in [1.29, 1.82) is 0 Å². The molecule has 14 heavy (non-hydrogen) atoms. The number of hydrogen-bond acceptors (Lipinski definition) is 2. The van der Waals surface area contributed by atoms with Gasteiger partial charge in [0.25, 0.3) is 0 Å². The van der Waals surface area contributed by atoms with E-state index in [0.29, 0.717) is 0 Å². The normalized spacial score (nSPS) is 12.2. The van der Waals surface area contributed by atoms with Crippen LogP contribution >= 0.6 is 0 Å². The van der Waals surface area contributed by atoms with Crippen molar-refractivity contribution in [3.63, 3.8) is 0 Å². The lowest BCUT2D eigenvalue weighted by atomic mass is 10.0. The number of rotatable bonds is 7. The standard InChI is InChI=1S/C11H20O3/c1-11(2,14)9-7-5-3-4-6-8-10(12)13/h6,8,14H,3-5,7,9H2,1-2H3,(H,12,13)/b8-6+. The highest BCUT2D eigenvalue weighted by Crippen LogP contribution is 2.13. The molecule has 0 aromatic carbocycles. The van der Waals surface area contributed by atoms with Crippen LogP contribution in [0.5, 0.6) is 0 Å². The summed E-state index contributed by atoms with van der Waals surface area (Å²) < 4.78 is 0. The number of allylic oxidation sites excluding steroid dienone is 1. The molecule has 0 unspecified atom stereocenters. The fourth-order valence-electron chi connectivity index (χ4n) is 1.18. The van der Waals surface area contributed by atoms with Crippen molar-refractivity contribution in [3.05, 3.63) is 12.2 Å². The van der Waals surface area contributed by atoms with Crippen molar-refractivity contribution in [2.24, 2.45) is 0 Å². The van der Waals surface area contributed by atoms with Gasteiger partial charge in [-0.2, -0.15) is 0 Å². The Bertz CT molecular complexity index is 189. The summed E-state index contributed by atoms with van der Waals surface area (Å²) in [6, 6.07) is 0. The van der Waals surface area contributed by atoms with Crippen molar-refractivity contribution in [3.8, 4) is 0 Å². The van der Waals surface area contributed by atoms with Gasteiger partial charge in [-0.25, -0.2) is 4.79 Å². The molecular weight excluding hydrogens is 180 g/mol. The summed E-state index contributed by atoms with van der Waals surface area (Å²) in [6.45, 7) is 3.61. The Balaban J connectivity index is 3.27. The molecule has 0 aromatic rings. The summed E-state index contributed by atoms with van der Waals surface area (Å²) in [5.41, 5.74) is -0.573. The molecule has 2 N–H and O–H groups in total. The highest BCUT2D eigenvalue weighted by atomic mass is 16.4. The molecule has 0 amide bonds. The molecular formula is C11H20O3. The smallest absolute Gasteiger partial charge is 0.327 e. The molecule has 0 radical (unpaired) electrons. The SMILES string of the molecule is CC(C)(O)CCCCC/C=C/C(=O)O. The van der Waals surface area contributed by atoms with Gasteiger partial charge in [-0.05, 0) is 33.1 Å². The lowest BCUT2D eigenvalue weighted by Crippen LogP contribution is -2.17. The molecule has 0 aliphatic heterocycles. The first-order chi connectivity index (χ1) is 6.42. The number of carbonyl (C=O) groups is 1. The average molecular weight is 200 g/mol. The van der Waals surface area contributed by atoms with Crippen LogP contribution in [0.1, 0.15) is 46.0 Å². The van der Waals surface area contributed by atoms with E-state index in [0.717, 1.165) is 32.1 Å². The Morgan fingerprint density at radius 2 is 1.93 bits per heavy atom. The van der Waals surface area contributed by atoms with E-state index in [1.165, 1.54) is 6.08 Å². The Kier molecular flexibility index (Phi) is 6.21. The van der Waals surface area contributed by atoms with E-state index in [2.05, 4.69) is 0 Å². The first-order valence-corrected chi connectivity index (χ1v) is 5.04. The molecule has 0 saturated heterocycles. The van der Waals surface area contributed by atoms with Gasteiger partial charge in [0.15, 0.2) is 0 Å². The molecule has 3 nitrogen and oxygen atoms in total. The monoisotopic (exact) mass is 200 g/mol. The molecule has 0 atom stereocenters. The molecule has 0 rings (SSSR count). The third-order valence-corrected chi connectivity index (χ3v) is 1.92. The first-order valence-electron chi connectivity index (χ1n) is 5.04. The van der Waals surface area contributed by atoms with E-state index in [1.54, 1.807) is 19.9 Å². The number of aliphatic hydroxyl groups is 1. The Morgan fingerprint density at radius 1 is 1.29 bits per heavy atom. The van der Waals surface area contributed by atoms with Crippen LogP contribution in [0, 0.1) is 0 Å². The van der Waals surface area contributed by atoms with Crippen LogP contribution in [0.2, 0.25) is 0 Å². The molecule has 0 fully saturated rings. The Labute approximate surface area is 85.4 Å². The maximum atomic E-state index is 10.1. The molecule has 3 heteroatoms. The van der Waals surface area contributed by atoms with Crippen LogP contribution in [0.3, 0.4) is 0 Å². The molecule has 0 spiro atoms. The minimum Gasteiger partial charge on any atom is -0.478 e. The van der Waals surface area contributed by atoms with Crippen molar-refractivity contribution in [1.82, 2.24) is 0 Å². The summed E-state index contributed by atoms with van der Waals surface area (Å²) in [5, 5.41) is 17.7. The van der Waals surface area contributed by atoms with Gasteiger partial charge in [-0.1, -0.05) is 18.9 Å². The zero-order valence-electron chi connectivity index (χ0n) is 8.99. The molecule has 0 aromatic heterocycles. The highest BCUT2D eigenvalue weighted by Gasteiger charge is 2.10. The summed E-state index contributed by atoms with van der Waals surface area (Å²) in [7, 11) is 0. The van der Waals surface area contributed by atoms with Gasteiger partial charge in [-0.15, -0.1) is 0 Å².